The summed E-state index contributed by atoms with van der Waals surface area (Å²) in [4.78, 5) is 30.2. The average molecular weight is 627 g/mol. The summed E-state index contributed by atoms with van der Waals surface area (Å²) in [6.45, 7) is 13.9. The number of sulfonamides is 1. The summed E-state index contributed by atoms with van der Waals surface area (Å²) in [5.41, 5.74) is 15.0. The molecule has 0 unspecified atom stereocenters. The highest BCUT2D eigenvalue weighted by Gasteiger charge is 2.35. The van der Waals surface area contributed by atoms with Gasteiger partial charge < -0.3 is 21.3 Å². The fourth-order valence-electron chi connectivity index (χ4n) is 5.54. The van der Waals surface area contributed by atoms with Gasteiger partial charge in [0.25, 0.3) is 0 Å². The third kappa shape index (κ3) is 8.67. The zero-order valence-electron chi connectivity index (χ0n) is 27.0. The van der Waals surface area contributed by atoms with Crippen molar-refractivity contribution >= 4 is 27.7 Å². The van der Waals surface area contributed by atoms with Crippen molar-refractivity contribution in [3.63, 3.8) is 0 Å². The number of nitrogens with one attached hydrogen (secondary N) is 2. The number of amides is 2. The lowest BCUT2D eigenvalue weighted by Crippen LogP contribution is -2.56. The summed E-state index contributed by atoms with van der Waals surface area (Å²) >= 11 is 0. The first-order chi connectivity index (χ1) is 20.7. The molecule has 2 aromatic carbocycles. The third-order valence-corrected chi connectivity index (χ3v) is 9.76. The van der Waals surface area contributed by atoms with Gasteiger partial charge in [-0.1, -0.05) is 71.9 Å². The normalized spacial score (nSPS) is 14.9. The predicted octanol–water partition coefficient (Wildman–Crippen LogP) is 3.64. The number of hydrogen-bond donors (Lipinski definition) is 4. The van der Waals surface area contributed by atoms with Gasteiger partial charge in [0.15, 0.2) is 0 Å². The predicted molar refractivity (Wildman–Crippen MR) is 175 cm³/mol. The molecule has 2 amide bonds. The smallest absolute Gasteiger partial charge is 0.241 e. The van der Waals surface area contributed by atoms with Crippen LogP contribution in [0.2, 0.25) is 0 Å². The van der Waals surface area contributed by atoms with Crippen molar-refractivity contribution in [2.24, 2.45) is 11.5 Å². The van der Waals surface area contributed by atoms with Crippen LogP contribution in [-0.4, -0.2) is 74.6 Å². The van der Waals surface area contributed by atoms with Crippen LogP contribution in [0.25, 0.3) is 0 Å². The van der Waals surface area contributed by atoms with Crippen molar-refractivity contribution in [2.75, 3.05) is 32.7 Å². The molecule has 11 heteroatoms. The van der Waals surface area contributed by atoms with Crippen LogP contribution in [0.15, 0.2) is 41.3 Å². The largest absolute Gasteiger partial charge is 0.384 e. The molecule has 1 saturated heterocycles. The standard InChI is InChI=1S/C33H50N6O4S/c1-21(2)26-19-27(22(3)4)31(28(20-26)23(5)6)44(42,43)37-29(18-24-9-7-10-25(17-24)32(35)36)33(41)39-15-13-38(14-16-39)30(40)11-8-12-34/h7,9-10,17,19-23,29,37H,8,11-16,18,34H2,1-6H3,(H3,35,36)/t29-/m0/s1. The molecule has 1 heterocycles. The summed E-state index contributed by atoms with van der Waals surface area (Å²) in [5, 5.41) is 7.84. The third-order valence-electron chi connectivity index (χ3n) is 8.16. The zero-order chi connectivity index (χ0) is 32.8. The molecular weight excluding hydrogens is 576 g/mol. The first-order valence-electron chi connectivity index (χ1n) is 15.6. The molecular formula is C33H50N6O4S. The van der Waals surface area contributed by atoms with E-state index in [0.717, 1.165) is 16.7 Å². The molecule has 10 nitrogen and oxygen atoms in total. The van der Waals surface area contributed by atoms with Crippen molar-refractivity contribution in [1.82, 2.24) is 14.5 Å². The van der Waals surface area contributed by atoms with E-state index in [-0.39, 0.29) is 46.7 Å². The minimum Gasteiger partial charge on any atom is -0.384 e. The lowest BCUT2D eigenvalue weighted by molar-refractivity contribution is -0.140. The highest BCUT2D eigenvalue weighted by atomic mass is 32.2. The molecule has 242 valence electrons. The first-order valence-corrected chi connectivity index (χ1v) is 17.0. The van der Waals surface area contributed by atoms with E-state index in [1.165, 1.54) is 0 Å². The van der Waals surface area contributed by atoms with Crippen molar-refractivity contribution in [3.05, 3.63) is 64.2 Å². The molecule has 3 rings (SSSR count). The molecule has 0 saturated carbocycles. The Bertz CT molecular complexity index is 1420. The zero-order valence-corrected chi connectivity index (χ0v) is 27.8. The molecule has 1 fully saturated rings. The van der Waals surface area contributed by atoms with E-state index in [9.17, 15) is 18.0 Å². The molecule has 1 aliphatic rings. The summed E-state index contributed by atoms with van der Waals surface area (Å²) < 4.78 is 31.5. The maximum Gasteiger partial charge on any atom is 0.241 e. The number of carbonyl (C=O) groups is 2. The Hall–Kier alpha value is -3.28. The summed E-state index contributed by atoms with van der Waals surface area (Å²) in [7, 11) is -4.16. The minimum atomic E-state index is -4.16. The maximum absolute atomic E-state index is 14.4. The molecule has 0 aliphatic carbocycles. The van der Waals surface area contributed by atoms with Gasteiger partial charge in [0.05, 0.1) is 4.90 Å². The van der Waals surface area contributed by atoms with Gasteiger partial charge >= 0.3 is 0 Å². The minimum absolute atomic E-state index is 0.00752. The van der Waals surface area contributed by atoms with Gasteiger partial charge in [-0.15, -0.1) is 0 Å². The van der Waals surface area contributed by atoms with Crippen LogP contribution >= 0.6 is 0 Å². The number of nitrogens with zero attached hydrogens (tertiary/aromatic N) is 2. The molecule has 0 aromatic heterocycles. The Morgan fingerprint density at radius 2 is 1.48 bits per heavy atom. The Morgan fingerprint density at radius 1 is 0.909 bits per heavy atom. The number of nitrogen functional groups attached to an aromatic ring is 1. The molecule has 0 spiro atoms. The first kappa shape index (κ1) is 35.2. The van der Waals surface area contributed by atoms with E-state index >= 15 is 0 Å². The van der Waals surface area contributed by atoms with Crippen molar-refractivity contribution < 1.29 is 18.0 Å². The lowest BCUT2D eigenvalue weighted by atomic mass is 9.89. The van der Waals surface area contributed by atoms with Crippen LogP contribution < -0.4 is 16.2 Å². The summed E-state index contributed by atoms with van der Waals surface area (Å²) in [5.74, 6) is -0.370. The van der Waals surface area contributed by atoms with Gasteiger partial charge in [-0.25, -0.2) is 8.42 Å². The van der Waals surface area contributed by atoms with Gasteiger partial charge in [-0.05, 0) is 65.5 Å². The number of carbonyl (C=O) groups excluding carboxylic acids is 2. The van der Waals surface area contributed by atoms with Crippen LogP contribution in [-0.2, 0) is 26.0 Å². The highest BCUT2D eigenvalue weighted by Crippen LogP contribution is 2.35. The van der Waals surface area contributed by atoms with Crippen LogP contribution in [0.4, 0.5) is 0 Å². The van der Waals surface area contributed by atoms with Gasteiger partial charge in [-0.2, -0.15) is 4.72 Å². The molecule has 1 aliphatic heterocycles. The van der Waals surface area contributed by atoms with Crippen molar-refractivity contribution in [2.45, 2.75) is 89.5 Å². The SMILES string of the molecule is CC(C)c1cc(C(C)C)c(S(=O)(=O)N[C@@H](Cc2cccc(C(=N)N)c2)C(=O)N2CCN(C(=O)CCCN)CC2)c(C(C)C)c1. The second kappa shape index (κ2) is 15.1. The lowest BCUT2D eigenvalue weighted by Gasteiger charge is -2.36. The molecule has 6 N–H and O–H groups in total. The summed E-state index contributed by atoms with van der Waals surface area (Å²) in [6.07, 6.45) is 1.05. The maximum atomic E-state index is 14.4. The molecule has 1 atom stereocenters. The van der Waals surface area contributed by atoms with Crippen LogP contribution in [0.1, 0.15) is 100.0 Å². The van der Waals surface area contributed by atoms with E-state index in [4.69, 9.17) is 16.9 Å². The average Bonchev–Trinajstić information content (AvgIpc) is 2.98. The van der Waals surface area contributed by atoms with Gasteiger partial charge in [0.2, 0.25) is 21.8 Å². The number of piperazine rings is 1. The number of rotatable bonds is 13. The summed E-state index contributed by atoms with van der Waals surface area (Å²) in [6, 6.07) is 9.80. The fraction of sp³-hybridized carbons (Fsp3) is 0.545. The number of hydrogen-bond acceptors (Lipinski definition) is 6. The Balaban J connectivity index is 2.01. The van der Waals surface area contributed by atoms with Crippen LogP contribution in [0.3, 0.4) is 0 Å². The second-order valence-corrected chi connectivity index (χ2v) is 14.2. The van der Waals surface area contributed by atoms with E-state index in [1.807, 2.05) is 39.8 Å². The van der Waals surface area contributed by atoms with Crippen molar-refractivity contribution in [3.8, 4) is 0 Å². The number of nitrogens with two attached hydrogens (primary N) is 2. The molecule has 0 radical (unpaired) electrons. The second-order valence-electron chi connectivity index (χ2n) is 12.6. The Morgan fingerprint density at radius 3 is 1.98 bits per heavy atom. The molecule has 44 heavy (non-hydrogen) atoms. The fourth-order valence-corrected chi connectivity index (χ4v) is 7.42. The van der Waals surface area contributed by atoms with E-state index in [2.05, 4.69) is 18.6 Å². The van der Waals surface area contributed by atoms with Crippen LogP contribution in [0, 0.1) is 5.41 Å². The Kier molecular flexibility index (Phi) is 12.1. The number of benzene rings is 2. The highest BCUT2D eigenvalue weighted by molar-refractivity contribution is 7.89. The monoisotopic (exact) mass is 626 g/mol. The molecule has 0 bridgehead atoms. The van der Waals surface area contributed by atoms with Crippen molar-refractivity contribution in [1.29, 1.82) is 5.41 Å². The van der Waals surface area contributed by atoms with Gasteiger partial charge in [-0.3, -0.25) is 15.0 Å². The number of amidine groups is 1. The quantitative estimate of drug-likeness (QED) is 0.196. The Labute approximate surface area is 263 Å². The molecule has 2 aromatic rings. The van der Waals surface area contributed by atoms with E-state index in [1.54, 1.807) is 34.1 Å². The van der Waals surface area contributed by atoms with E-state index in [0.29, 0.717) is 56.7 Å². The topological polar surface area (TPSA) is 163 Å². The van der Waals surface area contributed by atoms with E-state index < -0.39 is 16.1 Å². The van der Waals surface area contributed by atoms with Gasteiger partial charge in [0.1, 0.15) is 11.9 Å². The van der Waals surface area contributed by atoms with Crippen LogP contribution in [0.5, 0.6) is 0 Å². The van der Waals surface area contributed by atoms with Gasteiger partial charge in [0, 0.05) is 38.2 Å².